The molecule has 0 heterocycles. The minimum atomic E-state index is -0.242. The lowest BCUT2D eigenvalue weighted by atomic mass is 10.1. The molecular weight excluding hydrogens is 337 g/mol. The highest BCUT2D eigenvalue weighted by Gasteiger charge is 2.09. The number of aliphatic hydroxyl groups excluding tert-OH is 1. The topological polar surface area (TPSA) is 58.6 Å². The number of carbonyl (C=O) groups excluding carboxylic acids is 1. The van der Waals surface area contributed by atoms with Gasteiger partial charge in [0.25, 0.3) is 5.91 Å². The van der Waals surface area contributed by atoms with Crippen molar-refractivity contribution in [2.24, 2.45) is 5.92 Å². The van der Waals surface area contributed by atoms with Crippen molar-refractivity contribution in [2.45, 2.75) is 19.8 Å². The Kier molecular flexibility index (Phi) is 8.19. The highest BCUT2D eigenvalue weighted by atomic mass is 35.5. The molecule has 1 amide bonds. The summed E-state index contributed by atoms with van der Waals surface area (Å²) in [5.74, 6) is 0.317. The van der Waals surface area contributed by atoms with Gasteiger partial charge in [-0.25, -0.2) is 0 Å². The SMILES string of the molecule is CC(CO)CCCNC(=O)COc1cc(Cl)c(Cl)cc1Cl. The number of rotatable bonds is 8. The number of hydrogen-bond donors (Lipinski definition) is 2. The van der Waals surface area contributed by atoms with Crippen molar-refractivity contribution in [2.75, 3.05) is 19.8 Å². The van der Waals surface area contributed by atoms with Gasteiger partial charge in [-0.2, -0.15) is 0 Å². The first kappa shape index (κ1) is 18.4. The van der Waals surface area contributed by atoms with Gasteiger partial charge in [-0.05, 0) is 24.8 Å². The zero-order valence-corrected chi connectivity index (χ0v) is 13.9. The number of hydrogen-bond acceptors (Lipinski definition) is 3. The van der Waals surface area contributed by atoms with Crippen LogP contribution in [0.2, 0.25) is 15.1 Å². The number of carbonyl (C=O) groups is 1. The maximum absolute atomic E-state index is 11.6. The van der Waals surface area contributed by atoms with E-state index in [-0.39, 0.29) is 25.0 Å². The third-order valence-corrected chi connectivity index (χ3v) is 3.86. The van der Waals surface area contributed by atoms with Crippen LogP contribution < -0.4 is 10.1 Å². The van der Waals surface area contributed by atoms with E-state index in [1.807, 2.05) is 6.92 Å². The van der Waals surface area contributed by atoms with Gasteiger partial charge in [-0.1, -0.05) is 41.7 Å². The van der Waals surface area contributed by atoms with Gasteiger partial charge in [0, 0.05) is 19.2 Å². The van der Waals surface area contributed by atoms with Crippen LogP contribution in [-0.4, -0.2) is 30.8 Å². The van der Waals surface area contributed by atoms with Crippen LogP contribution in [0, 0.1) is 5.92 Å². The van der Waals surface area contributed by atoms with Crippen molar-refractivity contribution in [3.05, 3.63) is 27.2 Å². The lowest BCUT2D eigenvalue weighted by Gasteiger charge is -2.10. The monoisotopic (exact) mass is 353 g/mol. The summed E-state index contributed by atoms with van der Waals surface area (Å²) in [6, 6.07) is 2.94. The third-order valence-electron chi connectivity index (χ3n) is 2.84. The average Bonchev–Trinajstić information content (AvgIpc) is 2.45. The highest BCUT2D eigenvalue weighted by molar-refractivity contribution is 6.43. The number of halogens is 3. The summed E-state index contributed by atoms with van der Waals surface area (Å²) in [6.45, 7) is 2.51. The summed E-state index contributed by atoms with van der Waals surface area (Å²) >= 11 is 17.6. The van der Waals surface area contributed by atoms with E-state index in [0.29, 0.717) is 27.4 Å². The summed E-state index contributed by atoms with van der Waals surface area (Å²) < 4.78 is 5.31. The molecule has 0 fully saturated rings. The lowest BCUT2D eigenvalue weighted by Crippen LogP contribution is -2.30. The number of nitrogens with one attached hydrogen (secondary N) is 1. The molecule has 1 aromatic carbocycles. The number of aliphatic hydroxyl groups is 1. The molecule has 4 nitrogen and oxygen atoms in total. The van der Waals surface area contributed by atoms with Crippen LogP contribution in [-0.2, 0) is 4.79 Å². The molecule has 0 bridgehead atoms. The van der Waals surface area contributed by atoms with Crippen LogP contribution in [0.1, 0.15) is 19.8 Å². The second kappa shape index (κ2) is 9.36. The summed E-state index contributed by atoms with van der Waals surface area (Å²) in [6.07, 6.45) is 1.66. The zero-order chi connectivity index (χ0) is 15.8. The van der Waals surface area contributed by atoms with Gasteiger partial charge >= 0.3 is 0 Å². The van der Waals surface area contributed by atoms with Gasteiger partial charge in [0.1, 0.15) is 5.75 Å². The van der Waals surface area contributed by atoms with E-state index >= 15 is 0 Å². The van der Waals surface area contributed by atoms with Crippen LogP contribution in [0.15, 0.2) is 12.1 Å². The second-order valence-corrected chi connectivity index (χ2v) is 5.99. The van der Waals surface area contributed by atoms with E-state index in [1.165, 1.54) is 12.1 Å². The Hall–Kier alpha value is -0.680. The van der Waals surface area contributed by atoms with E-state index in [4.69, 9.17) is 44.6 Å². The molecule has 118 valence electrons. The average molecular weight is 355 g/mol. The van der Waals surface area contributed by atoms with Crippen LogP contribution in [0.4, 0.5) is 0 Å². The molecule has 0 saturated carbocycles. The van der Waals surface area contributed by atoms with E-state index in [2.05, 4.69) is 5.32 Å². The summed E-state index contributed by atoms with van der Waals surface area (Å²) in [5, 5.41) is 12.6. The number of ether oxygens (including phenoxy) is 1. The fraction of sp³-hybridized carbons (Fsp3) is 0.500. The van der Waals surface area contributed by atoms with Gasteiger partial charge in [0.05, 0.1) is 15.1 Å². The van der Waals surface area contributed by atoms with Gasteiger partial charge in [0.2, 0.25) is 0 Å². The largest absolute Gasteiger partial charge is 0.482 e. The molecule has 21 heavy (non-hydrogen) atoms. The quantitative estimate of drug-likeness (QED) is 0.554. The van der Waals surface area contributed by atoms with Crippen molar-refractivity contribution in [1.82, 2.24) is 5.32 Å². The van der Waals surface area contributed by atoms with Crippen molar-refractivity contribution in [1.29, 1.82) is 0 Å². The molecule has 0 aliphatic rings. The molecule has 0 saturated heterocycles. The molecule has 0 radical (unpaired) electrons. The predicted molar refractivity (Wildman–Crippen MR) is 85.5 cm³/mol. The van der Waals surface area contributed by atoms with Gasteiger partial charge in [0.15, 0.2) is 6.61 Å². The van der Waals surface area contributed by atoms with E-state index in [9.17, 15) is 4.79 Å². The Morgan fingerprint density at radius 2 is 1.95 bits per heavy atom. The fourth-order valence-electron chi connectivity index (χ4n) is 1.58. The maximum atomic E-state index is 11.6. The first-order valence-corrected chi connectivity index (χ1v) is 7.72. The first-order valence-electron chi connectivity index (χ1n) is 6.59. The minimum absolute atomic E-state index is 0.146. The molecule has 0 aliphatic heterocycles. The molecule has 2 N–H and O–H groups in total. The van der Waals surface area contributed by atoms with Gasteiger partial charge in [-0.15, -0.1) is 0 Å². The minimum Gasteiger partial charge on any atom is -0.482 e. The van der Waals surface area contributed by atoms with Gasteiger partial charge in [-0.3, -0.25) is 4.79 Å². The Labute approximate surface area is 139 Å². The molecule has 1 rings (SSSR count). The number of benzene rings is 1. The summed E-state index contributed by atoms with van der Waals surface area (Å²) in [5.41, 5.74) is 0. The normalized spacial score (nSPS) is 12.0. The van der Waals surface area contributed by atoms with Crippen LogP contribution in [0.3, 0.4) is 0 Å². The van der Waals surface area contributed by atoms with E-state index in [1.54, 1.807) is 0 Å². The third kappa shape index (κ3) is 6.74. The van der Waals surface area contributed by atoms with Crippen molar-refractivity contribution in [3.63, 3.8) is 0 Å². The van der Waals surface area contributed by atoms with Crippen molar-refractivity contribution < 1.29 is 14.6 Å². The summed E-state index contributed by atoms with van der Waals surface area (Å²) in [7, 11) is 0. The Balaban J connectivity index is 2.32. The van der Waals surface area contributed by atoms with Crippen molar-refractivity contribution in [3.8, 4) is 5.75 Å². The maximum Gasteiger partial charge on any atom is 0.257 e. The fourth-order valence-corrected chi connectivity index (χ4v) is 2.17. The van der Waals surface area contributed by atoms with Crippen molar-refractivity contribution >= 4 is 40.7 Å². The lowest BCUT2D eigenvalue weighted by molar-refractivity contribution is -0.123. The zero-order valence-electron chi connectivity index (χ0n) is 11.7. The Bertz CT molecular complexity index is 483. The molecular formula is C14H18Cl3NO3. The van der Waals surface area contributed by atoms with Crippen LogP contribution in [0.25, 0.3) is 0 Å². The highest BCUT2D eigenvalue weighted by Crippen LogP contribution is 2.33. The molecule has 0 spiro atoms. The Morgan fingerprint density at radius 1 is 1.29 bits per heavy atom. The number of amides is 1. The first-order chi connectivity index (χ1) is 9.93. The molecule has 1 atom stereocenters. The predicted octanol–water partition coefficient (Wildman–Crippen LogP) is 3.55. The smallest absolute Gasteiger partial charge is 0.257 e. The van der Waals surface area contributed by atoms with Gasteiger partial charge < -0.3 is 15.2 Å². The molecule has 0 aliphatic carbocycles. The molecule has 1 unspecified atom stereocenters. The summed E-state index contributed by atoms with van der Waals surface area (Å²) in [4.78, 5) is 11.6. The second-order valence-electron chi connectivity index (χ2n) is 4.77. The van der Waals surface area contributed by atoms with E-state index < -0.39 is 0 Å². The molecule has 0 aromatic heterocycles. The molecule has 7 heteroatoms. The van der Waals surface area contributed by atoms with E-state index in [0.717, 1.165) is 12.8 Å². The van der Waals surface area contributed by atoms with Crippen LogP contribution in [0.5, 0.6) is 5.75 Å². The standard InChI is InChI=1S/C14H18Cl3NO3/c1-9(7-19)3-2-4-18-14(20)8-21-13-6-11(16)10(15)5-12(13)17/h5-6,9,19H,2-4,7-8H2,1H3,(H,18,20). The Morgan fingerprint density at radius 3 is 2.62 bits per heavy atom. The van der Waals surface area contributed by atoms with Crippen LogP contribution >= 0.6 is 34.8 Å². The molecule has 1 aromatic rings.